The summed E-state index contributed by atoms with van der Waals surface area (Å²) in [4.78, 5) is 2.12. The van der Waals surface area contributed by atoms with E-state index in [4.69, 9.17) is 4.74 Å². The molecular formula is C16H22N2O. The first-order valence-electron chi connectivity index (χ1n) is 6.61. The van der Waals surface area contributed by atoms with Crippen LogP contribution in [-0.4, -0.2) is 36.7 Å². The first kappa shape index (κ1) is 13.7. The van der Waals surface area contributed by atoms with Crippen molar-refractivity contribution in [2.24, 2.45) is 0 Å². The molecule has 0 bridgehead atoms. The molecule has 0 aliphatic rings. The third kappa shape index (κ3) is 3.18. The predicted molar refractivity (Wildman–Crippen MR) is 79.3 cm³/mol. The molecular weight excluding hydrogens is 236 g/mol. The number of ether oxygens (including phenoxy) is 1. The van der Waals surface area contributed by atoms with Gasteiger partial charge >= 0.3 is 0 Å². The molecule has 0 aliphatic carbocycles. The van der Waals surface area contributed by atoms with Crippen LogP contribution < -0.4 is 4.74 Å². The van der Waals surface area contributed by atoms with E-state index in [9.17, 15) is 0 Å². The van der Waals surface area contributed by atoms with Crippen LogP contribution in [0.15, 0.2) is 36.4 Å². The van der Waals surface area contributed by atoms with Crippen molar-refractivity contribution in [1.82, 2.24) is 9.47 Å². The Balaban J connectivity index is 2.26. The van der Waals surface area contributed by atoms with Gasteiger partial charge in [-0.1, -0.05) is 12.1 Å². The van der Waals surface area contributed by atoms with Crippen LogP contribution in [0, 0.1) is 13.8 Å². The van der Waals surface area contributed by atoms with Gasteiger partial charge in [0, 0.05) is 17.9 Å². The molecule has 0 aliphatic heterocycles. The lowest BCUT2D eigenvalue weighted by molar-refractivity contribution is 0.261. The largest absolute Gasteiger partial charge is 0.490 e. The van der Waals surface area contributed by atoms with E-state index >= 15 is 0 Å². The maximum atomic E-state index is 5.92. The minimum Gasteiger partial charge on any atom is -0.490 e. The van der Waals surface area contributed by atoms with Crippen LogP contribution in [0.4, 0.5) is 0 Å². The van der Waals surface area contributed by atoms with E-state index in [1.807, 2.05) is 18.2 Å². The molecule has 19 heavy (non-hydrogen) atoms. The van der Waals surface area contributed by atoms with Crippen LogP contribution in [0.5, 0.6) is 5.75 Å². The van der Waals surface area contributed by atoms with Crippen LogP contribution in [0.1, 0.15) is 11.4 Å². The summed E-state index contributed by atoms with van der Waals surface area (Å²) in [5, 5.41) is 0. The molecule has 0 spiro atoms. The average Bonchev–Trinajstić information content (AvgIpc) is 2.69. The Bertz CT molecular complexity index is 524. The van der Waals surface area contributed by atoms with E-state index in [0.717, 1.165) is 18.0 Å². The zero-order valence-corrected chi connectivity index (χ0v) is 12.2. The fraction of sp³-hybridized carbons (Fsp3) is 0.375. The second-order valence-corrected chi connectivity index (χ2v) is 5.07. The first-order chi connectivity index (χ1) is 9.09. The smallest absolute Gasteiger partial charge is 0.143 e. The van der Waals surface area contributed by atoms with E-state index in [-0.39, 0.29) is 0 Å². The molecule has 1 aromatic carbocycles. The fourth-order valence-electron chi connectivity index (χ4n) is 2.15. The molecule has 0 radical (unpaired) electrons. The van der Waals surface area contributed by atoms with Crippen LogP contribution >= 0.6 is 0 Å². The van der Waals surface area contributed by atoms with E-state index in [1.165, 1.54) is 11.4 Å². The third-order valence-corrected chi connectivity index (χ3v) is 3.17. The van der Waals surface area contributed by atoms with Crippen molar-refractivity contribution in [3.05, 3.63) is 47.8 Å². The molecule has 3 heteroatoms. The van der Waals surface area contributed by atoms with Crippen LogP contribution in [-0.2, 0) is 0 Å². The Kier molecular flexibility index (Phi) is 4.27. The fourth-order valence-corrected chi connectivity index (χ4v) is 2.15. The van der Waals surface area contributed by atoms with Gasteiger partial charge in [0.2, 0.25) is 0 Å². The lowest BCUT2D eigenvalue weighted by Gasteiger charge is -2.16. The van der Waals surface area contributed by atoms with Crippen molar-refractivity contribution in [2.75, 3.05) is 27.2 Å². The molecule has 0 unspecified atom stereocenters. The summed E-state index contributed by atoms with van der Waals surface area (Å²) < 4.78 is 8.15. The number of hydrogen-bond acceptors (Lipinski definition) is 2. The number of aryl methyl sites for hydroxylation is 2. The number of rotatable bonds is 5. The van der Waals surface area contributed by atoms with Crippen molar-refractivity contribution >= 4 is 0 Å². The molecule has 0 atom stereocenters. The van der Waals surface area contributed by atoms with Gasteiger partial charge in [-0.05, 0) is 52.2 Å². The maximum absolute atomic E-state index is 5.92. The summed E-state index contributed by atoms with van der Waals surface area (Å²) in [6, 6.07) is 12.5. The molecule has 1 heterocycles. The molecule has 0 fully saturated rings. The van der Waals surface area contributed by atoms with Crippen molar-refractivity contribution in [2.45, 2.75) is 13.8 Å². The summed E-state index contributed by atoms with van der Waals surface area (Å²) in [5.74, 6) is 0.937. The summed E-state index contributed by atoms with van der Waals surface area (Å²) in [5.41, 5.74) is 3.56. The van der Waals surface area contributed by atoms with E-state index < -0.39 is 0 Å². The Morgan fingerprint density at radius 1 is 1.00 bits per heavy atom. The Morgan fingerprint density at radius 2 is 1.63 bits per heavy atom. The minimum atomic E-state index is 0.698. The highest BCUT2D eigenvalue weighted by Gasteiger charge is 2.09. The third-order valence-electron chi connectivity index (χ3n) is 3.17. The molecule has 102 valence electrons. The van der Waals surface area contributed by atoms with Crippen molar-refractivity contribution < 1.29 is 4.74 Å². The van der Waals surface area contributed by atoms with Gasteiger partial charge in [-0.15, -0.1) is 0 Å². The van der Waals surface area contributed by atoms with Crippen molar-refractivity contribution in [3.8, 4) is 11.4 Å². The van der Waals surface area contributed by atoms with Crippen LogP contribution in [0.3, 0.4) is 0 Å². The van der Waals surface area contributed by atoms with E-state index in [0.29, 0.717) is 6.61 Å². The topological polar surface area (TPSA) is 17.4 Å². The minimum absolute atomic E-state index is 0.698. The molecule has 0 N–H and O–H groups in total. The van der Waals surface area contributed by atoms with Gasteiger partial charge in [0.1, 0.15) is 12.4 Å². The zero-order valence-electron chi connectivity index (χ0n) is 12.2. The number of likely N-dealkylation sites (N-methyl/N-ethyl adjacent to an activating group) is 1. The van der Waals surface area contributed by atoms with Gasteiger partial charge in [-0.2, -0.15) is 0 Å². The van der Waals surface area contributed by atoms with Gasteiger partial charge in [-0.3, -0.25) is 0 Å². The number of aromatic nitrogens is 1. The molecule has 3 nitrogen and oxygen atoms in total. The van der Waals surface area contributed by atoms with Crippen molar-refractivity contribution in [1.29, 1.82) is 0 Å². The molecule has 0 saturated carbocycles. The summed E-state index contributed by atoms with van der Waals surface area (Å²) in [6.45, 7) is 5.84. The highest BCUT2D eigenvalue weighted by molar-refractivity contribution is 5.49. The molecule has 0 amide bonds. The van der Waals surface area contributed by atoms with Gasteiger partial charge in [-0.25, -0.2) is 0 Å². The lowest BCUT2D eigenvalue weighted by atomic mass is 10.2. The number of para-hydroxylation sites is 2. The predicted octanol–water partition coefficient (Wildman–Crippen LogP) is 3.03. The lowest BCUT2D eigenvalue weighted by Crippen LogP contribution is -2.19. The Morgan fingerprint density at radius 3 is 2.26 bits per heavy atom. The monoisotopic (exact) mass is 258 g/mol. The molecule has 2 rings (SSSR count). The van der Waals surface area contributed by atoms with Crippen LogP contribution in [0.2, 0.25) is 0 Å². The second kappa shape index (κ2) is 5.93. The van der Waals surface area contributed by atoms with Gasteiger partial charge in [0.15, 0.2) is 0 Å². The SMILES string of the molecule is Cc1ccc(C)n1-c1ccccc1OCCN(C)C. The summed E-state index contributed by atoms with van der Waals surface area (Å²) >= 11 is 0. The summed E-state index contributed by atoms with van der Waals surface area (Å²) in [7, 11) is 4.10. The number of nitrogens with zero attached hydrogens (tertiary/aromatic N) is 2. The highest BCUT2D eigenvalue weighted by Crippen LogP contribution is 2.26. The van der Waals surface area contributed by atoms with Gasteiger partial charge in [0.25, 0.3) is 0 Å². The molecule has 2 aromatic rings. The number of benzene rings is 1. The van der Waals surface area contributed by atoms with Crippen LogP contribution in [0.25, 0.3) is 5.69 Å². The Labute approximate surface area is 115 Å². The quantitative estimate of drug-likeness (QED) is 0.820. The normalized spacial score (nSPS) is 11.0. The van der Waals surface area contributed by atoms with E-state index in [2.05, 4.69) is 55.6 Å². The Hall–Kier alpha value is -1.74. The number of hydrogen-bond donors (Lipinski definition) is 0. The van der Waals surface area contributed by atoms with Gasteiger partial charge < -0.3 is 14.2 Å². The first-order valence-corrected chi connectivity index (χ1v) is 6.61. The van der Waals surface area contributed by atoms with E-state index in [1.54, 1.807) is 0 Å². The van der Waals surface area contributed by atoms with Gasteiger partial charge in [0.05, 0.1) is 5.69 Å². The highest BCUT2D eigenvalue weighted by atomic mass is 16.5. The van der Waals surface area contributed by atoms with Crippen molar-refractivity contribution in [3.63, 3.8) is 0 Å². The standard InChI is InChI=1S/C16H22N2O/c1-13-9-10-14(2)18(13)15-7-5-6-8-16(15)19-12-11-17(3)4/h5-10H,11-12H2,1-4H3. The maximum Gasteiger partial charge on any atom is 0.143 e. The molecule has 1 aromatic heterocycles. The molecule has 0 saturated heterocycles. The average molecular weight is 258 g/mol. The summed E-state index contributed by atoms with van der Waals surface area (Å²) in [6.07, 6.45) is 0. The zero-order chi connectivity index (χ0) is 13.8. The second-order valence-electron chi connectivity index (χ2n) is 5.07.